The highest BCUT2D eigenvalue weighted by molar-refractivity contribution is 5.97. The van der Waals surface area contributed by atoms with Crippen LogP contribution in [0.3, 0.4) is 0 Å². The van der Waals surface area contributed by atoms with Crippen molar-refractivity contribution in [2.45, 2.75) is 0 Å². The van der Waals surface area contributed by atoms with Gasteiger partial charge in [0.15, 0.2) is 5.56 Å². The van der Waals surface area contributed by atoms with Crippen molar-refractivity contribution in [2.75, 3.05) is 7.11 Å². The Morgan fingerprint density at radius 3 is 2.64 bits per heavy atom. The molecule has 0 aliphatic rings. The maximum absolute atomic E-state index is 12.1. The first-order valence-corrected chi connectivity index (χ1v) is 7.44. The van der Waals surface area contributed by atoms with E-state index >= 15 is 0 Å². The average Bonchev–Trinajstić information content (AvgIpc) is 2.65. The number of carbonyl (C=O) groups excluding carboxylic acids is 1. The molecule has 0 spiro atoms. The number of benzene rings is 2. The Hall–Kier alpha value is -3.61. The zero-order valence-corrected chi connectivity index (χ0v) is 13.4. The van der Waals surface area contributed by atoms with Gasteiger partial charge < -0.3 is 9.15 Å². The van der Waals surface area contributed by atoms with Crippen LogP contribution in [0, 0.1) is 0 Å². The van der Waals surface area contributed by atoms with Crippen LogP contribution in [0.4, 0.5) is 0 Å². The lowest BCUT2D eigenvalue weighted by molar-refractivity contribution is -0.508. The van der Waals surface area contributed by atoms with Gasteiger partial charge in [-0.2, -0.15) is 10.5 Å². The summed E-state index contributed by atoms with van der Waals surface area (Å²) in [5.41, 5.74) is 8.68. The van der Waals surface area contributed by atoms with Crippen LogP contribution in [0.2, 0.25) is 0 Å². The number of methoxy groups -OCH3 is 1. The second-order valence-electron chi connectivity index (χ2n) is 5.21. The lowest BCUT2D eigenvalue weighted by atomic mass is 10.1. The highest BCUT2D eigenvalue weighted by Gasteiger charge is 2.15. The highest BCUT2D eigenvalue weighted by atomic mass is 16.5. The largest absolute Gasteiger partial charge is 0.497 e. The van der Waals surface area contributed by atoms with Gasteiger partial charge in [0.05, 0.1) is 7.11 Å². The molecule has 2 aromatic carbocycles. The minimum atomic E-state index is -0.614. The van der Waals surface area contributed by atoms with Crippen molar-refractivity contribution in [3.8, 4) is 5.75 Å². The van der Waals surface area contributed by atoms with Crippen LogP contribution in [-0.4, -0.2) is 18.9 Å². The molecule has 4 N–H and O–H groups in total. The van der Waals surface area contributed by atoms with Crippen LogP contribution >= 0.6 is 0 Å². The van der Waals surface area contributed by atoms with E-state index in [1.165, 1.54) is 0 Å². The quantitative estimate of drug-likeness (QED) is 0.267. The van der Waals surface area contributed by atoms with E-state index in [1.807, 2.05) is 0 Å². The number of ether oxygens (including phenoxy) is 1. The normalized spacial score (nSPS) is 11.3. The molecule has 0 fully saturated rings. The summed E-state index contributed by atoms with van der Waals surface area (Å²) in [5, 5.41) is 3.18. The number of fused-ring (bicyclic) bond motifs is 1. The van der Waals surface area contributed by atoms with E-state index in [-0.39, 0.29) is 17.3 Å². The molecule has 25 heavy (non-hydrogen) atoms. The molecule has 0 radical (unpaired) electrons. The van der Waals surface area contributed by atoms with Crippen LogP contribution in [0.1, 0.15) is 15.9 Å². The standard InChI is InChI=1S/C18H15N3O4/c1-24-13-7-8-15-12(9-13)10-14(18(23)25-15)16(19)20-21-17(22)11-5-3-2-4-6-11/h2-10H,1H3,(H2,19,20)(H,21,22)/p+1. The molecule has 0 aliphatic heterocycles. The monoisotopic (exact) mass is 338 g/mol. The number of rotatable bonds is 4. The summed E-state index contributed by atoms with van der Waals surface area (Å²) in [5.74, 6) is 0.217. The number of amidine groups is 1. The van der Waals surface area contributed by atoms with Crippen molar-refractivity contribution in [1.82, 2.24) is 5.43 Å². The summed E-state index contributed by atoms with van der Waals surface area (Å²) in [6.07, 6.45) is 0. The molecule has 7 heteroatoms. The summed E-state index contributed by atoms with van der Waals surface area (Å²) >= 11 is 0. The van der Waals surface area contributed by atoms with E-state index in [4.69, 9.17) is 14.9 Å². The van der Waals surface area contributed by atoms with E-state index in [9.17, 15) is 9.59 Å². The molecule has 0 saturated heterocycles. The predicted molar refractivity (Wildman–Crippen MR) is 92.2 cm³/mol. The SMILES string of the molecule is COc1ccc2oc(=O)c(C(N)=[NH+]NC(=O)c3ccccc3)cc2c1. The van der Waals surface area contributed by atoms with Crippen LogP contribution in [0.25, 0.3) is 11.0 Å². The molecule has 1 amide bonds. The number of carbonyl (C=O) groups is 1. The van der Waals surface area contributed by atoms with Crippen molar-refractivity contribution in [2.24, 2.45) is 5.73 Å². The Labute approximate surface area is 142 Å². The van der Waals surface area contributed by atoms with Gasteiger partial charge in [0, 0.05) is 10.9 Å². The molecule has 3 rings (SSSR count). The molecule has 0 bridgehead atoms. The number of nitrogens with one attached hydrogen (secondary N) is 2. The van der Waals surface area contributed by atoms with Crippen LogP contribution in [0.15, 0.2) is 63.8 Å². The lowest BCUT2D eigenvalue weighted by Gasteiger charge is -2.03. The maximum atomic E-state index is 12.1. The van der Waals surface area contributed by atoms with Crippen LogP contribution in [0.5, 0.6) is 5.75 Å². The van der Waals surface area contributed by atoms with Gasteiger partial charge in [-0.15, -0.1) is 0 Å². The average molecular weight is 338 g/mol. The first-order chi connectivity index (χ1) is 12.1. The molecular formula is C18H16N3O4+. The summed E-state index contributed by atoms with van der Waals surface area (Å²) < 4.78 is 10.4. The Bertz CT molecular complexity index is 1010. The Morgan fingerprint density at radius 2 is 1.92 bits per heavy atom. The molecule has 126 valence electrons. The number of hydrogen-bond donors (Lipinski definition) is 3. The van der Waals surface area contributed by atoms with Gasteiger partial charge in [0.25, 0.3) is 5.91 Å². The summed E-state index contributed by atoms with van der Waals surface area (Å²) in [6.45, 7) is 0. The Balaban J connectivity index is 1.90. The summed E-state index contributed by atoms with van der Waals surface area (Å²) in [4.78, 5) is 24.1. The predicted octanol–water partition coefficient (Wildman–Crippen LogP) is -0.0675. The third kappa shape index (κ3) is 3.50. The molecular weight excluding hydrogens is 322 g/mol. The third-order valence-electron chi connectivity index (χ3n) is 3.58. The summed E-state index contributed by atoms with van der Waals surface area (Å²) in [7, 11) is 1.54. The maximum Gasteiger partial charge on any atom is 0.352 e. The molecule has 0 aliphatic carbocycles. The number of hydrogen-bond acceptors (Lipinski definition) is 4. The highest BCUT2D eigenvalue weighted by Crippen LogP contribution is 2.19. The number of hydrazine groups is 1. The minimum absolute atomic E-state index is 0.0252. The molecule has 1 aromatic heterocycles. The topological polar surface area (TPSA) is 109 Å². The zero-order valence-electron chi connectivity index (χ0n) is 13.4. The smallest absolute Gasteiger partial charge is 0.352 e. The van der Waals surface area contributed by atoms with Gasteiger partial charge in [-0.3, -0.25) is 10.5 Å². The van der Waals surface area contributed by atoms with Gasteiger partial charge in [-0.05, 0) is 36.4 Å². The summed E-state index contributed by atoms with van der Waals surface area (Å²) in [6, 6.07) is 15.2. The van der Waals surface area contributed by atoms with E-state index in [2.05, 4.69) is 10.5 Å². The van der Waals surface area contributed by atoms with Crippen molar-refractivity contribution in [1.29, 1.82) is 0 Å². The molecule has 0 atom stereocenters. The van der Waals surface area contributed by atoms with Crippen molar-refractivity contribution in [3.63, 3.8) is 0 Å². The van der Waals surface area contributed by atoms with Crippen molar-refractivity contribution < 1.29 is 19.0 Å². The number of nitrogen functional groups attached to an aromatic ring is 1. The third-order valence-corrected chi connectivity index (χ3v) is 3.58. The zero-order chi connectivity index (χ0) is 17.8. The van der Waals surface area contributed by atoms with Gasteiger partial charge in [-0.25, -0.2) is 4.79 Å². The van der Waals surface area contributed by atoms with Crippen LogP contribution < -0.4 is 26.6 Å². The first kappa shape index (κ1) is 16.3. The molecule has 7 nitrogen and oxygen atoms in total. The number of hydrazone groups is 1. The van der Waals surface area contributed by atoms with Crippen molar-refractivity contribution >= 4 is 22.7 Å². The fourth-order valence-electron chi connectivity index (χ4n) is 2.27. The lowest BCUT2D eigenvalue weighted by Crippen LogP contribution is -2.86. The van der Waals surface area contributed by atoms with E-state index in [0.717, 1.165) is 0 Å². The van der Waals surface area contributed by atoms with E-state index in [1.54, 1.807) is 61.7 Å². The van der Waals surface area contributed by atoms with Gasteiger partial charge in [0.1, 0.15) is 11.3 Å². The van der Waals surface area contributed by atoms with Crippen molar-refractivity contribution in [3.05, 3.63) is 76.1 Å². The Kier molecular flexibility index (Phi) is 4.47. The Morgan fingerprint density at radius 1 is 1.16 bits per heavy atom. The fourth-order valence-corrected chi connectivity index (χ4v) is 2.27. The van der Waals surface area contributed by atoms with Gasteiger partial charge >= 0.3 is 11.5 Å². The van der Waals surface area contributed by atoms with Gasteiger partial charge in [0.2, 0.25) is 0 Å². The second kappa shape index (κ2) is 6.88. The fraction of sp³-hybridized carbons (Fsp3) is 0.0556. The van der Waals surface area contributed by atoms with E-state index in [0.29, 0.717) is 22.3 Å². The number of amides is 1. The molecule has 0 unspecified atom stereocenters. The molecule has 0 saturated carbocycles. The van der Waals surface area contributed by atoms with E-state index < -0.39 is 5.63 Å². The van der Waals surface area contributed by atoms with Gasteiger partial charge in [-0.1, -0.05) is 18.2 Å². The second-order valence-corrected chi connectivity index (χ2v) is 5.21. The molecule has 3 aromatic rings. The molecule has 1 heterocycles. The first-order valence-electron chi connectivity index (χ1n) is 7.44. The minimum Gasteiger partial charge on any atom is -0.497 e. The number of nitrogens with two attached hydrogens (primary N) is 1. The van der Waals surface area contributed by atoms with Crippen LogP contribution in [-0.2, 0) is 0 Å².